The number of nitrogens with zero attached hydrogens (tertiary/aromatic N) is 2. The molecule has 8 heteroatoms. The van der Waals surface area contributed by atoms with Crippen molar-refractivity contribution in [2.45, 2.75) is 6.92 Å². The van der Waals surface area contributed by atoms with Gasteiger partial charge in [-0.3, -0.25) is 4.79 Å². The van der Waals surface area contributed by atoms with Gasteiger partial charge in [0.1, 0.15) is 17.8 Å². The fraction of sp³-hybridized carbons (Fsp3) is 0.190. The average molecular weight is 394 g/mol. The first-order valence-electron chi connectivity index (χ1n) is 8.81. The van der Waals surface area contributed by atoms with Crippen molar-refractivity contribution in [1.82, 2.24) is 9.97 Å². The smallest absolute Gasteiger partial charge is 0.274 e. The highest BCUT2D eigenvalue weighted by molar-refractivity contribution is 6.03. The normalized spacial score (nSPS) is 10.2. The lowest BCUT2D eigenvalue weighted by atomic mass is 10.2. The van der Waals surface area contributed by atoms with E-state index in [1.54, 1.807) is 18.2 Å². The summed E-state index contributed by atoms with van der Waals surface area (Å²) in [5.41, 5.74) is 2.66. The molecule has 0 aliphatic carbocycles. The van der Waals surface area contributed by atoms with Crippen molar-refractivity contribution in [3.05, 3.63) is 60.0 Å². The predicted molar refractivity (Wildman–Crippen MR) is 111 cm³/mol. The lowest BCUT2D eigenvalue weighted by Crippen LogP contribution is -2.14. The average Bonchev–Trinajstić information content (AvgIpc) is 2.74. The Hall–Kier alpha value is -3.81. The summed E-state index contributed by atoms with van der Waals surface area (Å²) in [7, 11) is 4.54. The van der Waals surface area contributed by atoms with E-state index in [1.165, 1.54) is 27.7 Å². The molecular weight excluding hydrogens is 372 g/mol. The minimum absolute atomic E-state index is 0.213. The Balaban J connectivity index is 1.82. The molecule has 0 saturated carbocycles. The molecular formula is C21H22N4O4. The maximum absolute atomic E-state index is 12.7. The third kappa shape index (κ3) is 4.55. The van der Waals surface area contributed by atoms with Gasteiger partial charge in [-0.15, -0.1) is 0 Å². The third-order valence-corrected chi connectivity index (χ3v) is 4.23. The van der Waals surface area contributed by atoms with Crippen LogP contribution in [0.5, 0.6) is 17.2 Å². The lowest BCUT2D eigenvalue weighted by Gasteiger charge is -2.14. The minimum atomic E-state index is -0.394. The maximum Gasteiger partial charge on any atom is 0.274 e. The van der Waals surface area contributed by atoms with Gasteiger partial charge >= 0.3 is 0 Å². The number of rotatable bonds is 7. The van der Waals surface area contributed by atoms with Gasteiger partial charge in [0.15, 0.2) is 11.5 Å². The zero-order chi connectivity index (χ0) is 20.8. The first-order chi connectivity index (χ1) is 14.0. The summed E-state index contributed by atoms with van der Waals surface area (Å²) >= 11 is 0. The molecule has 0 aliphatic heterocycles. The molecule has 0 bridgehead atoms. The Morgan fingerprint density at radius 2 is 1.62 bits per heavy atom. The first kappa shape index (κ1) is 19.9. The number of carbonyl (C=O) groups excluding carboxylic acids is 1. The van der Waals surface area contributed by atoms with Gasteiger partial charge in [0.2, 0.25) is 5.75 Å². The van der Waals surface area contributed by atoms with Crippen molar-refractivity contribution in [3.63, 3.8) is 0 Å². The number of benzene rings is 2. The van der Waals surface area contributed by atoms with Crippen molar-refractivity contribution >= 4 is 23.1 Å². The number of anilines is 3. The molecule has 2 N–H and O–H groups in total. The summed E-state index contributed by atoms with van der Waals surface area (Å²) in [6.07, 6.45) is 1.34. The fourth-order valence-electron chi connectivity index (χ4n) is 2.75. The largest absolute Gasteiger partial charge is 0.493 e. The highest BCUT2D eigenvalue weighted by Crippen LogP contribution is 2.40. The number of carbonyl (C=O) groups is 1. The summed E-state index contributed by atoms with van der Waals surface area (Å²) in [5.74, 6) is 1.44. The van der Waals surface area contributed by atoms with Gasteiger partial charge in [-0.2, -0.15) is 0 Å². The molecule has 8 nitrogen and oxygen atoms in total. The Morgan fingerprint density at radius 1 is 0.931 bits per heavy atom. The number of nitrogens with one attached hydrogen (secondary N) is 2. The summed E-state index contributed by atoms with van der Waals surface area (Å²) < 4.78 is 15.9. The zero-order valence-electron chi connectivity index (χ0n) is 16.6. The van der Waals surface area contributed by atoms with E-state index in [2.05, 4.69) is 20.6 Å². The van der Waals surface area contributed by atoms with Crippen LogP contribution in [0.1, 0.15) is 16.1 Å². The van der Waals surface area contributed by atoms with Gasteiger partial charge in [-0.25, -0.2) is 9.97 Å². The first-order valence-corrected chi connectivity index (χ1v) is 8.81. The molecule has 1 aromatic heterocycles. The van der Waals surface area contributed by atoms with E-state index in [4.69, 9.17) is 14.2 Å². The molecule has 0 fully saturated rings. The molecule has 0 unspecified atom stereocenters. The highest BCUT2D eigenvalue weighted by atomic mass is 16.5. The summed E-state index contributed by atoms with van der Waals surface area (Å²) in [5, 5.41) is 5.98. The Morgan fingerprint density at radius 3 is 2.24 bits per heavy atom. The van der Waals surface area contributed by atoms with Gasteiger partial charge in [-0.05, 0) is 18.6 Å². The van der Waals surface area contributed by atoms with Crippen molar-refractivity contribution in [2.24, 2.45) is 0 Å². The van der Waals surface area contributed by atoms with Gasteiger partial charge in [0.25, 0.3) is 5.91 Å². The number of amides is 1. The van der Waals surface area contributed by atoms with Crippen molar-refractivity contribution in [3.8, 4) is 17.2 Å². The number of para-hydroxylation sites is 1. The Kier molecular flexibility index (Phi) is 6.13. The topological polar surface area (TPSA) is 94.6 Å². The Labute approximate surface area is 168 Å². The molecule has 3 rings (SSSR count). The maximum atomic E-state index is 12.7. The second-order valence-electron chi connectivity index (χ2n) is 6.10. The molecule has 1 heterocycles. The molecule has 0 atom stereocenters. The molecule has 3 aromatic rings. The van der Waals surface area contributed by atoms with Crippen molar-refractivity contribution in [2.75, 3.05) is 32.0 Å². The van der Waals surface area contributed by atoms with E-state index in [0.29, 0.717) is 28.8 Å². The van der Waals surface area contributed by atoms with Gasteiger partial charge in [-0.1, -0.05) is 18.2 Å². The van der Waals surface area contributed by atoms with Crippen LogP contribution in [0, 0.1) is 6.92 Å². The van der Waals surface area contributed by atoms with Crippen LogP contribution in [0.4, 0.5) is 17.2 Å². The monoisotopic (exact) mass is 394 g/mol. The van der Waals surface area contributed by atoms with E-state index in [1.807, 2.05) is 31.2 Å². The van der Waals surface area contributed by atoms with Crippen LogP contribution < -0.4 is 24.8 Å². The lowest BCUT2D eigenvalue weighted by molar-refractivity contribution is 0.102. The number of ether oxygens (including phenoxy) is 3. The number of aryl methyl sites for hydroxylation is 1. The van der Waals surface area contributed by atoms with E-state index >= 15 is 0 Å². The zero-order valence-corrected chi connectivity index (χ0v) is 16.6. The van der Waals surface area contributed by atoms with E-state index in [9.17, 15) is 4.79 Å². The van der Waals surface area contributed by atoms with Gasteiger partial charge in [0, 0.05) is 29.6 Å². The van der Waals surface area contributed by atoms with Crippen LogP contribution in [0.2, 0.25) is 0 Å². The molecule has 2 aromatic carbocycles. The third-order valence-electron chi connectivity index (χ3n) is 4.23. The fourth-order valence-corrected chi connectivity index (χ4v) is 2.75. The van der Waals surface area contributed by atoms with E-state index in [0.717, 1.165) is 11.3 Å². The molecule has 0 spiro atoms. The summed E-state index contributed by atoms with van der Waals surface area (Å²) in [6.45, 7) is 1.99. The number of hydrogen-bond donors (Lipinski definition) is 2. The molecule has 0 aliphatic rings. The SMILES string of the molecule is COc1cc(NC(=O)c2cc(Nc3ccccc3C)ncn2)cc(OC)c1OC. The second kappa shape index (κ2) is 8.92. The van der Waals surface area contributed by atoms with Crippen LogP contribution in [-0.4, -0.2) is 37.2 Å². The van der Waals surface area contributed by atoms with Crippen LogP contribution in [0.15, 0.2) is 48.8 Å². The molecule has 0 saturated heterocycles. The van der Waals surface area contributed by atoms with Crippen molar-refractivity contribution < 1.29 is 19.0 Å². The van der Waals surface area contributed by atoms with Gasteiger partial charge < -0.3 is 24.8 Å². The quantitative estimate of drug-likeness (QED) is 0.629. The second-order valence-corrected chi connectivity index (χ2v) is 6.10. The Bertz CT molecular complexity index is 998. The predicted octanol–water partition coefficient (Wildman–Crippen LogP) is 3.81. The molecule has 150 valence electrons. The van der Waals surface area contributed by atoms with E-state index in [-0.39, 0.29) is 5.69 Å². The molecule has 0 radical (unpaired) electrons. The molecule has 1 amide bonds. The number of methoxy groups -OCH3 is 3. The van der Waals surface area contributed by atoms with E-state index < -0.39 is 5.91 Å². The van der Waals surface area contributed by atoms with Gasteiger partial charge in [0.05, 0.1) is 21.3 Å². The van der Waals surface area contributed by atoms with Crippen molar-refractivity contribution in [1.29, 1.82) is 0 Å². The number of hydrogen-bond acceptors (Lipinski definition) is 7. The number of aromatic nitrogens is 2. The molecule has 29 heavy (non-hydrogen) atoms. The summed E-state index contributed by atoms with van der Waals surface area (Å²) in [6, 6.07) is 12.7. The van der Waals surface area contributed by atoms with Crippen LogP contribution >= 0.6 is 0 Å². The van der Waals surface area contributed by atoms with Crippen LogP contribution in [-0.2, 0) is 0 Å². The van der Waals surface area contributed by atoms with Crippen LogP contribution in [0.25, 0.3) is 0 Å². The standard InChI is InChI=1S/C21H22N4O4/c1-13-7-5-6-8-15(13)25-19-11-16(22-12-23-19)21(26)24-14-9-17(27-2)20(29-4)18(10-14)28-3/h5-12H,1-4H3,(H,24,26)(H,22,23,25). The highest BCUT2D eigenvalue weighted by Gasteiger charge is 2.16. The minimum Gasteiger partial charge on any atom is -0.493 e. The summed E-state index contributed by atoms with van der Waals surface area (Å²) in [4.78, 5) is 20.9. The van der Waals surface area contributed by atoms with Crippen LogP contribution in [0.3, 0.4) is 0 Å².